The molecule has 90 valence electrons. The molecule has 0 saturated carbocycles. The van der Waals surface area contributed by atoms with Crippen LogP contribution in [0.1, 0.15) is 10.5 Å². The molecule has 8 heteroatoms. The Balaban J connectivity index is 2.06. The van der Waals surface area contributed by atoms with E-state index >= 15 is 0 Å². The molecule has 0 fully saturated rings. The zero-order valence-electron chi connectivity index (χ0n) is 9.28. The second-order valence-corrected chi connectivity index (χ2v) is 4.31. The number of Topliss-reactive ketones (excluding diaryl/α,β-unsaturated/α-hetero) is 1. The number of aryl methyl sites for hydroxylation is 2. The van der Waals surface area contributed by atoms with Crippen LogP contribution in [0.4, 0.5) is 0 Å². The van der Waals surface area contributed by atoms with Crippen molar-refractivity contribution >= 4 is 17.5 Å². The van der Waals surface area contributed by atoms with Gasteiger partial charge >= 0.3 is 0 Å². The first-order chi connectivity index (χ1) is 8.09. The third kappa shape index (κ3) is 2.31. The lowest BCUT2D eigenvalue weighted by atomic mass is 10.3. The number of thioether (sulfide) groups is 1. The molecule has 2 rings (SSSR count). The van der Waals surface area contributed by atoms with E-state index in [0.717, 1.165) is 4.68 Å². The molecule has 17 heavy (non-hydrogen) atoms. The topological polar surface area (TPSA) is 87.9 Å². The molecule has 0 spiro atoms. The van der Waals surface area contributed by atoms with Crippen molar-refractivity contribution in [2.75, 3.05) is 5.75 Å². The van der Waals surface area contributed by atoms with Crippen LogP contribution < -0.4 is 9.79 Å². The van der Waals surface area contributed by atoms with Crippen LogP contribution in [0.25, 0.3) is 0 Å². The van der Waals surface area contributed by atoms with Crippen LogP contribution in [-0.4, -0.2) is 26.4 Å². The molecule has 0 N–H and O–H groups in total. The van der Waals surface area contributed by atoms with Gasteiger partial charge in [0.15, 0.2) is 18.2 Å². The smallest absolute Gasteiger partial charge is 0.300 e. The first kappa shape index (κ1) is 11.6. The molecule has 0 aliphatic heterocycles. The summed E-state index contributed by atoms with van der Waals surface area (Å²) in [4.78, 5) is 15.8. The number of hydrogen-bond acceptors (Lipinski definition) is 6. The van der Waals surface area contributed by atoms with Crippen molar-refractivity contribution in [3.05, 3.63) is 18.1 Å². The predicted octanol–water partition coefficient (Wildman–Crippen LogP) is -0.719. The van der Waals surface area contributed by atoms with Gasteiger partial charge in [0.05, 0.1) is 11.0 Å². The zero-order chi connectivity index (χ0) is 12.4. The van der Waals surface area contributed by atoms with E-state index in [4.69, 9.17) is 0 Å². The maximum absolute atomic E-state index is 11.8. The summed E-state index contributed by atoms with van der Waals surface area (Å²) in [6, 6.07) is 0. The molecule has 0 radical (unpaired) electrons. The van der Waals surface area contributed by atoms with Crippen molar-refractivity contribution in [3.8, 4) is 5.95 Å². The molecular weight excluding hydrogens is 244 g/mol. The third-order valence-electron chi connectivity index (χ3n) is 2.14. The third-order valence-corrected chi connectivity index (χ3v) is 3.19. The Kier molecular flexibility index (Phi) is 3.14. The lowest BCUT2D eigenvalue weighted by Crippen LogP contribution is -2.37. The van der Waals surface area contributed by atoms with Crippen molar-refractivity contribution in [1.29, 1.82) is 0 Å². The first-order valence-electron chi connectivity index (χ1n) is 4.76. The van der Waals surface area contributed by atoms with Gasteiger partial charge in [-0.1, -0.05) is 16.4 Å². The minimum Gasteiger partial charge on any atom is -0.539 e. The van der Waals surface area contributed by atoms with Gasteiger partial charge in [-0.15, -0.1) is 0 Å². The number of carbonyl (C=O) groups is 1. The van der Waals surface area contributed by atoms with E-state index in [9.17, 15) is 9.90 Å². The molecule has 0 bridgehead atoms. The van der Waals surface area contributed by atoms with E-state index in [2.05, 4.69) is 14.8 Å². The number of rotatable bonds is 4. The number of carbonyl (C=O) groups excluding carboxylic acids is 1. The van der Waals surface area contributed by atoms with E-state index < -0.39 is 5.95 Å². The van der Waals surface area contributed by atoms with E-state index in [0.29, 0.717) is 5.16 Å². The Morgan fingerprint density at radius 1 is 1.71 bits per heavy atom. The molecule has 0 saturated heterocycles. The number of hydrogen-bond donors (Lipinski definition) is 0. The fraction of sp³-hybridized carbons (Fsp3) is 0.333. The quantitative estimate of drug-likeness (QED) is 0.406. The summed E-state index contributed by atoms with van der Waals surface area (Å²) in [6.07, 6.45) is 3.43. The average molecular weight is 254 g/mol. The normalized spacial score (nSPS) is 10.7. The first-order valence-corrected chi connectivity index (χ1v) is 5.74. The minimum absolute atomic E-state index is 0.0493. The van der Waals surface area contributed by atoms with Crippen LogP contribution in [0.15, 0.2) is 22.1 Å². The molecular formula is C9H10N4O3S. The number of ketones is 1. The Hall–Kier alpha value is -1.83. The van der Waals surface area contributed by atoms with Crippen LogP contribution >= 0.6 is 11.8 Å². The van der Waals surface area contributed by atoms with Gasteiger partial charge in [-0.25, -0.2) is 4.98 Å². The molecule has 0 atom stereocenters. The van der Waals surface area contributed by atoms with Crippen LogP contribution in [0.2, 0.25) is 0 Å². The molecule has 2 heterocycles. The van der Waals surface area contributed by atoms with Gasteiger partial charge in [0.1, 0.15) is 0 Å². The maximum atomic E-state index is 11.8. The van der Waals surface area contributed by atoms with Crippen LogP contribution in [-0.2, 0) is 14.1 Å². The highest BCUT2D eigenvalue weighted by atomic mass is 32.2. The monoisotopic (exact) mass is 254 g/mol. The Morgan fingerprint density at radius 2 is 2.47 bits per heavy atom. The van der Waals surface area contributed by atoms with Crippen LogP contribution in [0, 0.1) is 0 Å². The van der Waals surface area contributed by atoms with Crippen molar-refractivity contribution in [2.24, 2.45) is 14.1 Å². The summed E-state index contributed by atoms with van der Waals surface area (Å²) in [5, 5.41) is 15.3. The molecule has 0 aliphatic rings. The largest absolute Gasteiger partial charge is 0.539 e. The summed E-state index contributed by atoms with van der Waals surface area (Å²) in [7, 11) is 3.32. The van der Waals surface area contributed by atoms with Gasteiger partial charge in [0.2, 0.25) is 5.78 Å². The fourth-order valence-electron chi connectivity index (χ4n) is 1.30. The van der Waals surface area contributed by atoms with Gasteiger partial charge in [-0.05, 0) is 0 Å². The Labute approximate surface area is 101 Å². The average Bonchev–Trinajstić information content (AvgIpc) is 2.83. The number of nitrogens with zero attached hydrogens (tertiary/aromatic N) is 4. The van der Waals surface area contributed by atoms with Gasteiger partial charge in [-0.3, -0.25) is 4.79 Å². The lowest BCUT2D eigenvalue weighted by molar-refractivity contribution is -0.741. The standard InChI is InChI=1S/C9H10N4O3S/c1-12-4-3-10-9(12)17-5-6(14)7-8(15)16-11-13(7)2/h3-4H,5H2,1-2H3. The Morgan fingerprint density at radius 3 is 3.00 bits per heavy atom. The second-order valence-electron chi connectivity index (χ2n) is 3.37. The zero-order valence-corrected chi connectivity index (χ0v) is 10.1. The molecule has 2 aromatic heterocycles. The lowest BCUT2D eigenvalue weighted by Gasteiger charge is -1.99. The van der Waals surface area contributed by atoms with E-state index in [1.807, 2.05) is 7.05 Å². The fourth-order valence-corrected chi connectivity index (χ4v) is 2.10. The summed E-state index contributed by atoms with van der Waals surface area (Å²) in [5.74, 6) is -0.917. The van der Waals surface area contributed by atoms with Gasteiger partial charge in [0, 0.05) is 19.4 Å². The molecule has 0 unspecified atom stereocenters. The van der Waals surface area contributed by atoms with E-state index in [-0.39, 0.29) is 17.2 Å². The summed E-state index contributed by atoms with van der Waals surface area (Å²) in [6.45, 7) is 0. The van der Waals surface area contributed by atoms with Gasteiger partial charge in [0.25, 0.3) is 5.69 Å². The Bertz CT molecular complexity index is 529. The predicted molar refractivity (Wildman–Crippen MR) is 55.4 cm³/mol. The number of imidazole rings is 1. The molecule has 2 aromatic rings. The molecule has 0 amide bonds. The van der Waals surface area contributed by atoms with Crippen molar-refractivity contribution < 1.29 is 19.1 Å². The minimum atomic E-state index is -0.710. The second kappa shape index (κ2) is 4.58. The van der Waals surface area contributed by atoms with E-state index in [1.165, 1.54) is 18.8 Å². The van der Waals surface area contributed by atoms with Gasteiger partial charge < -0.3 is 14.2 Å². The highest BCUT2D eigenvalue weighted by Gasteiger charge is 2.22. The summed E-state index contributed by atoms with van der Waals surface area (Å²) < 4.78 is 7.32. The highest BCUT2D eigenvalue weighted by Crippen LogP contribution is 2.17. The SMILES string of the molecule is Cn1ccnc1SCC(=O)c1c([O-])on[n+]1C. The van der Waals surface area contributed by atoms with Crippen molar-refractivity contribution in [1.82, 2.24) is 14.8 Å². The molecule has 0 aromatic carbocycles. The maximum Gasteiger partial charge on any atom is 0.300 e. The van der Waals surface area contributed by atoms with Crippen LogP contribution in [0.5, 0.6) is 5.95 Å². The molecule has 0 aliphatic carbocycles. The van der Waals surface area contributed by atoms with Gasteiger partial charge in [-0.2, -0.15) is 0 Å². The molecule has 7 nitrogen and oxygen atoms in total. The highest BCUT2D eigenvalue weighted by molar-refractivity contribution is 7.99. The van der Waals surface area contributed by atoms with Crippen molar-refractivity contribution in [2.45, 2.75) is 5.16 Å². The summed E-state index contributed by atoms with van der Waals surface area (Å²) in [5.41, 5.74) is -0.0493. The summed E-state index contributed by atoms with van der Waals surface area (Å²) >= 11 is 1.26. The van der Waals surface area contributed by atoms with Crippen molar-refractivity contribution in [3.63, 3.8) is 0 Å². The van der Waals surface area contributed by atoms with E-state index in [1.54, 1.807) is 17.0 Å². The number of aromatic nitrogens is 4. The van der Waals surface area contributed by atoms with Crippen LogP contribution in [0.3, 0.4) is 0 Å².